The number of rotatable bonds is 8. The highest BCUT2D eigenvalue weighted by atomic mass is 16.2. The topological polar surface area (TPSA) is 52.7 Å². The summed E-state index contributed by atoms with van der Waals surface area (Å²) in [5, 5.41) is 2.93. The van der Waals surface area contributed by atoms with Crippen LogP contribution in [-0.2, 0) is 11.3 Å². The predicted molar refractivity (Wildman–Crippen MR) is 118 cm³/mol. The van der Waals surface area contributed by atoms with E-state index in [1.807, 2.05) is 80.2 Å². The number of amides is 2. The average molecular weight is 394 g/mol. The smallest absolute Gasteiger partial charge is 0.254 e. The second kappa shape index (κ2) is 9.12. The lowest BCUT2D eigenvalue weighted by atomic mass is 10.1. The standard InChI is InChI=1S/C24H31N3O2/c1-5-23(28)25-21-11-12-22(26(3)4)20(14-21)16-27(15-18-9-10-18)24(29)19-8-6-7-17(2)13-19/h6-8,11-14,18H,5,9-10,15-16H2,1-4H3,(H,25,28). The fourth-order valence-corrected chi connectivity index (χ4v) is 3.47. The van der Waals surface area contributed by atoms with Gasteiger partial charge in [0, 0.05) is 50.5 Å². The molecular formula is C24H31N3O2. The van der Waals surface area contributed by atoms with E-state index in [0.29, 0.717) is 18.9 Å². The maximum atomic E-state index is 13.3. The Morgan fingerprint density at radius 2 is 1.86 bits per heavy atom. The number of aryl methyl sites for hydroxylation is 1. The van der Waals surface area contributed by atoms with E-state index in [1.54, 1.807) is 0 Å². The molecule has 5 heteroatoms. The number of hydrogen-bond donors (Lipinski definition) is 1. The predicted octanol–water partition coefficient (Wildman–Crippen LogP) is 4.46. The lowest BCUT2D eigenvalue weighted by Gasteiger charge is -2.26. The van der Waals surface area contributed by atoms with Crippen molar-refractivity contribution in [3.05, 3.63) is 59.2 Å². The van der Waals surface area contributed by atoms with Crippen molar-refractivity contribution in [3.63, 3.8) is 0 Å². The summed E-state index contributed by atoms with van der Waals surface area (Å²) in [6, 6.07) is 13.7. The Bertz CT molecular complexity index is 887. The van der Waals surface area contributed by atoms with Crippen LogP contribution in [0, 0.1) is 12.8 Å². The summed E-state index contributed by atoms with van der Waals surface area (Å²) < 4.78 is 0. The lowest BCUT2D eigenvalue weighted by molar-refractivity contribution is -0.115. The fraction of sp³-hybridized carbons (Fsp3) is 0.417. The van der Waals surface area contributed by atoms with Crippen LogP contribution in [0.25, 0.3) is 0 Å². The maximum Gasteiger partial charge on any atom is 0.254 e. The zero-order chi connectivity index (χ0) is 21.0. The zero-order valence-electron chi connectivity index (χ0n) is 17.9. The van der Waals surface area contributed by atoms with Crippen molar-refractivity contribution in [1.29, 1.82) is 0 Å². The van der Waals surface area contributed by atoms with Crippen LogP contribution in [0.2, 0.25) is 0 Å². The molecular weight excluding hydrogens is 362 g/mol. The van der Waals surface area contributed by atoms with E-state index in [4.69, 9.17) is 0 Å². The van der Waals surface area contributed by atoms with Crippen LogP contribution in [0.4, 0.5) is 11.4 Å². The summed E-state index contributed by atoms with van der Waals surface area (Å²) >= 11 is 0. The molecule has 1 aliphatic carbocycles. The average Bonchev–Trinajstić information content (AvgIpc) is 3.51. The third-order valence-corrected chi connectivity index (χ3v) is 5.26. The van der Waals surface area contributed by atoms with Crippen molar-refractivity contribution in [3.8, 4) is 0 Å². The van der Waals surface area contributed by atoms with Crippen molar-refractivity contribution >= 4 is 23.2 Å². The molecule has 1 aliphatic rings. The minimum atomic E-state index is -0.0146. The summed E-state index contributed by atoms with van der Waals surface area (Å²) in [6.45, 7) is 5.13. The van der Waals surface area contributed by atoms with Gasteiger partial charge in [0.05, 0.1) is 0 Å². The van der Waals surface area contributed by atoms with Crippen LogP contribution in [0.5, 0.6) is 0 Å². The first-order valence-corrected chi connectivity index (χ1v) is 10.3. The number of carbonyl (C=O) groups is 2. The molecule has 1 N–H and O–H groups in total. The van der Waals surface area contributed by atoms with E-state index in [0.717, 1.165) is 34.6 Å². The van der Waals surface area contributed by atoms with Gasteiger partial charge in [-0.15, -0.1) is 0 Å². The number of anilines is 2. The van der Waals surface area contributed by atoms with Crippen molar-refractivity contribution in [2.75, 3.05) is 30.9 Å². The van der Waals surface area contributed by atoms with Gasteiger partial charge < -0.3 is 15.1 Å². The van der Waals surface area contributed by atoms with Crippen molar-refractivity contribution in [1.82, 2.24) is 4.90 Å². The Morgan fingerprint density at radius 1 is 1.10 bits per heavy atom. The summed E-state index contributed by atoms with van der Waals surface area (Å²) in [5.41, 5.74) is 4.67. The Morgan fingerprint density at radius 3 is 2.48 bits per heavy atom. The van der Waals surface area contributed by atoms with Gasteiger partial charge in [0.2, 0.25) is 5.91 Å². The Kier molecular flexibility index (Phi) is 6.57. The molecule has 1 saturated carbocycles. The molecule has 0 atom stereocenters. The molecule has 2 aromatic carbocycles. The van der Waals surface area contributed by atoms with E-state index in [2.05, 4.69) is 5.32 Å². The molecule has 29 heavy (non-hydrogen) atoms. The van der Waals surface area contributed by atoms with Crippen LogP contribution in [0.3, 0.4) is 0 Å². The van der Waals surface area contributed by atoms with Crippen molar-refractivity contribution in [2.24, 2.45) is 5.92 Å². The molecule has 0 bridgehead atoms. The molecule has 0 aromatic heterocycles. The minimum Gasteiger partial charge on any atom is -0.377 e. The summed E-state index contributed by atoms with van der Waals surface area (Å²) in [7, 11) is 3.99. The van der Waals surface area contributed by atoms with Crippen LogP contribution < -0.4 is 10.2 Å². The molecule has 2 amide bonds. The molecule has 154 valence electrons. The SMILES string of the molecule is CCC(=O)Nc1ccc(N(C)C)c(CN(CC2CC2)C(=O)c2cccc(C)c2)c1. The first-order chi connectivity index (χ1) is 13.9. The van der Waals surface area contributed by atoms with E-state index in [1.165, 1.54) is 12.8 Å². The van der Waals surface area contributed by atoms with Gasteiger partial charge in [-0.3, -0.25) is 9.59 Å². The molecule has 0 saturated heterocycles. The highest BCUT2D eigenvalue weighted by Crippen LogP contribution is 2.32. The quantitative estimate of drug-likeness (QED) is 0.720. The van der Waals surface area contributed by atoms with Crippen LogP contribution in [0.1, 0.15) is 47.7 Å². The van der Waals surface area contributed by atoms with Crippen LogP contribution in [0.15, 0.2) is 42.5 Å². The van der Waals surface area contributed by atoms with Gasteiger partial charge in [0.25, 0.3) is 5.91 Å². The molecule has 0 unspecified atom stereocenters. The fourth-order valence-electron chi connectivity index (χ4n) is 3.47. The van der Waals surface area contributed by atoms with Crippen molar-refractivity contribution < 1.29 is 9.59 Å². The molecule has 1 fully saturated rings. The zero-order valence-corrected chi connectivity index (χ0v) is 17.9. The van der Waals surface area contributed by atoms with Gasteiger partial charge >= 0.3 is 0 Å². The molecule has 0 heterocycles. The normalized spacial score (nSPS) is 13.1. The van der Waals surface area contributed by atoms with Gasteiger partial charge in [-0.25, -0.2) is 0 Å². The van der Waals surface area contributed by atoms with Crippen LogP contribution >= 0.6 is 0 Å². The second-order valence-electron chi connectivity index (χ2n) is 8.14. The minimum absolute atomic E-state index is 0.0146. The molecule has 0 radical (unpaired) electrons. The molecule has 2 aromatic rings. The highest BCUT2D eigenvalue weighted by molar-refractivity contribution is 5.94. The van der Waals surface area contributed by atoms with Crippen LogP contribution in [-0.4, -0.2) is 37.4 Å². The molecule has 5 nitrogen and oxygen atoms in total. The maximum absolute atomic E-state index is 13.3. The number of nitrogens with zero attached hydrogens (tertiary/aromatic N) is 2. The van der Waals surface area contributed by atoms with E-state index < -0.39 is 0 Å². The number of carbonyl (C=O) groups excluding carboxylic acids is 2. The molecule has 3 rings (SSSR count). The van der Waals surface area contributed by atoms with E-state index >= 15 is 0 Å². The van der Waals surface area contributed by atoms with Crippen molar-refractivity contribution in [2.45, 2.75) is 39.7 Å². The largest absolute Gasteiger partial charge is 0.377 e. The van der Waals surface area contributed by atoms with E-state index in [9.17, 15) is 9.59 Å². The Labute approximate surface area is 173 Å². The molecule has 0 aliphatic heterocycles. The number of hydrogen-bond acceptors (Lipinski definition) is 3. The first-order valence-electron chi connectivity index (χ1n) is 10.3. The summed E-state index contributed by atoms with van der Waals surface area (Å²) in [5.74, 6) is 0.641. The van der Waals surface area contributed by atoms with Gasteiger partial charge in [-0.1, -0.05) is 24.6 Å². The number of benzene rings is 2. The second-order valence-corrected chi connectivity index (χ2v) is 8.14. The summed E-state index contributed by atoms with van der Waals surface area (Å²) in [6.07, 6.45) is 2.81. The summed E-state index contributed by atoms with van der Waals surface area (Å²) in [4.78, 5) is 29.1. The first kappa shape index (κ1) is 20.9. The van der Waals surface area contributed by atoms with Gasteiger partial charge in [0.1, 0.15) is 0 Å². The Balaban J connectivity index is 1.90. The van der Waals surface area contributed by atoms with Gasteiger partial charge in [-0.05, 0) is 61.6 Å². The Hall–Kier alpha value is -2.82. The number of nitrogens with one attached hydrogen (secondary N) is 1. The van der Waals surface area contributed by atoms with Gasteiger partial charge in [0.15, 0.2) is 0 Å². The third kappa shape index (κ3) is 5.59. The van der Waals surface area contributed by atoms with E-state index in [-0.39, 0.29) is 11.8 Å². The highest BCUT2D eigenvalue weighted by Gasteiger charge is 2.28. The third-order valence-electron chi connectivity index (χ3n) is 5.26. The monoisotopic (exact) mass is 393 g/mol. The van der Waals surface area contributed by atoms with Gasteiger partial charge in [-0.2, -0.15) is 0 Å². The molecule has 0 spiro atoms. The lowest BCUT2D eigenvalue weighted by Crippen LogP contribution is -2.33.